The van der Waals surface area contributed by atoms with Crippen molar-refractivity contribution >= 4 is 5.69 Å². The second-order valence-corrected chi connectivity index (χ2v) is 4.17. The highest BCUT2D eigenvalue weighted by molar-refractivity contribution is 5.50. The molecule has 0 spiro atoms. The van der Waals surface area contributed by atoms with E-state index >= 15 is 0 Å². The third-order valence-corrected chi connectivity index (χ3v) is 2.75. The fraction of sp³-hybridized carbons (Fsp3) is 0.143. The quantitative estimate of drug-likeness (QED) is 0.679. The Morgan fingerprint density at radius 2 is 1.90 bits per heavy atom. The maximum absolute atomic E-state index is 13.5. The third kappa shape index (κ3) is 3.32. The normalized spacial score (nSPS) is 10.4. The average molecular weight is 295 g/mol. The molecule has 1 N–H and O–H groups in total. The van der Waals surface area contributed by atoms with Crippen molar-refractivity contribution in [2.75, 3.05) is 6.61 Å². The van der Waals surface area contributed by atoms with E-state index in [1.54, 1.807) is 18.2 Å². The minimum absolute atomic E-state index is 0.153. The van der Waals surface area contributed by atoms with Crippen molar-refractivity contribution in [2.45, 2.75) is 6.42 Å². The highest BCUT2D eigenvalue weighted by Gasteiger charge is 2.24. The fourth-order valence-corrected chi connectivity index (χ4v) is 1.85. The SMILES string of the molecule is O=[N+]([O-])c1c(F)cc(F)cc1Oc1ccccc1CCO. The number of halogens is 2. The maximum Gasteiger partial charge on any atom is 0.347 e. The predicted molar refractivity (Wildman–Crippen MR) is 70.3 cm³/mol. The summed E-state index contributed by atoms with van der Waals surface area (Å²) in [4.78, 5) is 9.90. The van der Waals surface area contributed by atoms with E-state index in [2.05, 4.69) is 0 Å². The van der Waals surface area contributed by atoms with Gasteiger partial charge in [-0.05, 0) is 18.1 Å². The molecule has 0 fully saturated rings. The van der Waals surface area contributed by atoms with Crippen LogP contribution in [0.5, 0.6) is 11.5 Å². The first-order valence-corrected chi connectivity index (χ1v) is 6.03. The standard InChI is InChI=1S/C14H11F2NO4/c15-10-7-11(16)14(17(19)20)13(8-10)21-12-4-2-1-3-9(12)5-6-18/h1-4,7-8,18H,5-6H2. The van der Waals surface area contributed by atoms with Crippen LogP contribution in [0.3, 0.4) is 0 Å². The molecule has 5 nitrogen and oxygen atoms in total. The molecule has 0 saturated carbocycles. The van der Waals surface area contributed by atoms with Crippen LogP contribution in [0.25, 0.3) is 0 Å². The highest BCUT2D eigenvalue weighted by Crippen LogP contribution is 2.35. The Hall–Kier alpha value is -2.54. The van der Waals surface area contributed by atoms with Crippen molar-refractivity contribution in [3.05, 3.63) is 63.7 Å². The number of ether oxygens (including phenoxy) is 1. The Balaban J connectivity index is 2.47. The lowest BCUT2D eigenvalue weighted by Crippen LogP contribution is -2.00. The summed E-state index contributed by atoms with van der Waals surface area (Å²) in [6, 6.07) is 7.61. The van der Waals surface area contributed by atoms with Crippen molar-refractivity contribution in [1.82, 2.24) is 0 Å². The molecule has 0 aromatic heterocycles. The van der Waals surface area contributed by atoms with Crippen LogP contribution >= 0.6 is 0 Å². The minimum Gasteiger partial charge on any atom is -0.450 e. The summed E-state index contributed by atoms with van der Waals surface area (Å²) in [5.74, 6) is -2.62. The van der Waals surface area contributed by atoms with Crippen LogP contribution in [0.15, 0.2) is 36.4 Å². The van der Waals surface area contributed by atoms with Gasteiger partial charge in [-0.15, -0.1) is 0 Å². The zero-order chi connectivity index (χ0) is 15.4. The minimum atomic E-state index is -1.31. The molecule has 7 heteroatoms. The average Bonchev–Trinajstić information content (AvgIpc) is 2.40. The first-order chi connectivity index (χ1) is 10.0. The highest BCUT2D eigenvalue weighted by atomic mass is 19.1. The van der Waals surface area contributed by atoms with Crippen LogP contribution in [0.4, 0.5) is 14.5 Å². The van der Waals surface area contributed by atoms with Crippen molar-refractivity contribution in [2.24, 2.45) is 0 Å². The monoisotopic (exact) mass is 295 g/mol. The topological polar surface area (TPSA) is 72.6 Å². The molecule has 0 bridgehead atoms. The van der Waals surface area contributed by atoms with E-state index in [9.17, 15) is 18.9 Å². The van der Waals surface area contributed by atoms with E-state index in [1.807, 2.05) is 0 Å². The van der Waals surface area contributed by atoms with Crippen LogP contribution in [-0.2, 0) is 6.42 Å². The summed E-state index contributed by atoms with van der Waals surface area (Å²) in [6.07, 6.45) is 0.252. The van der Waals surface area contributed by atoms with E-state index < -0.39 is 28.0 Å². The fourth-order valence-electron chi connectivity index (χ4n) is 1.85. The van der Waals surface area contributed by atoms with Gasteiger partial charge in [0.1, 0.15) is 11.6 Å². The van der Waals surface area contributed by atoms with Gasteiger partial charge in [0.05, 0.1) is 4.92 Å². The van der Waals surface area contributed by atoms with Gasteiger partial charge in [-0.1, -0.05) is 18.2 Å². The summed E-state index contributed by atoms with van der Waals surface area (Å²) < 4.78 is 32.0. The van der Waals surface area contributed by atoms with Crippen LogP contribution in [0, 0.1) is 21.7 Å². The van der Waals surface area contributed by atoms with Gasteiger partial charge < -0.3 is 9.84 Å². The number of hydrogen-bond acceptors (Lipinski definition) is 4. The number of aliphatic hydroxyl groups excluding tert-OH is 1. The molecular weight excluding hydrogens is 284 g/mol. The molecule has 0 atom stereocenters. The van der Waals surface area contributed by atoms with E-state index in [1.165, 1.54) is 6.07 Å². The second kappa shape index (κ2) is 6.27. The van der Waals surface area contributed by atoms with Crippen LogP contribution in [0.1, 0.15) is 5.56 Å². The van der Waals surface area contributed by atoms with E-state index in [-0.39, 0.29) is 18.8 Å². The number of benzene rings is 2. The van der Waals surface area contributed by atoms with Crippen molar-refractivity contribution < 1.29 is 23.5 Å². The van der Waals surface area contributed by atoms with Gasteiger partial charge in [0.2, 0.25) is 11.6 Å². The molecule has 21 heavy (non-hydrogen) atoms. The molecule has 0 amide bonds. The lowest BCUT2D eigenvalue weighted by Gasteiger charge is -2.11. The molecule has 0 radical (unpaired) electrons. The lowest BCUT2D eigenvalue weighted by atomic mass is 10.1. The van der Waals surface area contributed by atoms with Crippen LogP contribution < -0.4 is 4.74 Å². The Bertz CT molecular complexity index is 676. The van der Waals surface area contributed by atoms with Crippen LogP contribution in [-0.4, -0.2) is 16.6 Å². The first kappa shape index (κ1) is 14.9. The smallest absolute Gasteiger partial charge is 0.347 e. The summed E-state index contributed by atoms with van der Waals surface area (Å²) in [5.41, 5.74) is -0.367. The van der Waals surface area contributed by atoms with Crippen molar-refractivity contribution in [3.8, 4) is 11.5 Å². The molecule has 110 valence electrons. The molecule has 0 unspecified atom stereocenters. The second-order valence-electron chi connectivity index (χ2n) is 4.17. The molecule has 0 aliphatic carbocycles. The summed E-state index contributed by atoms with van der Waals surface area (Å²) in [7, 11) is 0. The van der Waals surface area contributed by atoms with Gasteiger partial charge in [-0.3, -0.25) is 10.1 Å². The Kier molecular flexibility index (Phi) is 4.44. The molecule has 0 aliphatic heterocycles. The van der Waals surface area contributed by atoms with E-state index in [0.717, 1.165) is 6.07 Å². The van der Waals surface area contributed by atoms with E-state index in [4.69, 9.17) is 9.84 Å². The van der Waals surface area contributed by atoms with Gasteiger partial charge >= 0.3 is 5.69 Å². The zero-order valence-electron chi connectivity index (χ0n) is 10.8. The summed E-state index contributed by atoms with van der Waals surface area (Å²) in [5, 5.41) is 19.8. The number of para-hydroxylation sites is 1. The first-order valence-electron chi connectivity index (χ1n) is 6.03. The maximum atomic E-state index is 13.5. The third-order valence-electron chi connectivity index (χ3n) is 2.75. The molecule has 2 aromatic rings. The Morgan fingerprint density at radius 1 is 1.19 bits per heavy atom. The van der Waals surface area contributed by atoms with Gasteiger partial charge in [0.15, 0.2) is 0 Å². The summed E-state index contributed by atoms with van der Waals surface area (Å²) >= 11 is 0. The van der Waals surface area contributed by atoms with Crippen molar-refractivity contribution in [3.63, 3.8) is 0 Å². The number of aliphatic hydroxyl groups is 1. The van der Waals surface area contributed by atoms with Gasteiger partial charge in [0.25, 0.3) is 0 Å². The molecule has 0 heterocycles. The Labute approximate surface area is 118 Å². The number of nitrogens with zero attached hydrogens (tertiary/aromatic N) is 1. The van der Waals surface area contributed by atoms with Gasteiger partial charge in [-0.25, -0.2) is 4.39 Å². The summed E-state index contributed by atoms with van der Waals surface area (Å²) in [6.45, 7) is -0.153. The predicted octanol–water partition coefficient (Wildman–Crippen LogP) is 3.20. The Morgan fingerprint density at radius 3 is 2.57 bits per heavy atom. The number of nitro groups is 1. The zero-order valence-corrected chi connectivity index (χ0v) is 10.8. The number of nitro benzene ring substituents is 1. The molecule has 2 rings (SSSR count). The van der Waals surface area contributed by atoms with Gasteiger partial charge in [-0.2, -0.15) is 4.39 Å². The molecular formula is C14H11F2NO4. The van der Waals surface area contributed by atoms with Gasteiger partial charge in [0, 0.05) is 18.7 Å². The largest absolute Gasteiger partial charge is 0.450 e. The van der Waals surface area contributed by atoms with Crippen molar-refractivity contribution in [1.29, 1.82) is 0 Å². The number of rotatable bonds is 5. The molecule has 0 saturated heterocycles. The lowest BCUT2D eigenvalue weighted by molar-refractivity contribution is -0.388. The molecule has 2 aromatic carbocycles. The number of hydrogen-bond donors (Lipinski definition) is 1. The molecule has 0 aliphatic rings. The van der Waals surface area contributed by atoms with Crippen LogP contribution in [0.2, 0.25) is 0 Å². The van der Waals surface area contributed by atoms with E-state index in [0.29, 0.717) is 11.6 Å².